The highest BCUT2D eigenvalue weighted by atomic mass is 16.6. The molecule has 8 nitrogen and oxygen atoms in total. The summed E-state index contributed by atoms with van der Waals surface area (Å²) in [6.07, 6.45) is -5.96. The van der Waals surface area contributed by atoms with E-state index in [-0.39, 0.29) is 0 Å². The first-order valence-electron chi connectivity index (χ1n) is 5.20. The molecule has 0 bridgehead atoms. The number of aliphatic hydroxyl groups excluding tert-OH is 3. The van der Waals surface area contributed by atoms with Crippen molar-refractivity contribution in [3.8, 4) is 0 Å². The van der Waals surface area contributed by atoms with Crippen molar-refractivity contribution in [2.75, 3.05) is 6.61 Å². The first-order chi connectivity index (χ1) is 7.88. The molecule has 1 aliphatic rings. The van der Waals surface area contributed by atoms with E-state index in [9.17, 15) is 20.1 Å². The van der Waals surface area contributed by atoms with Crippen molar-refractivity contribution >= 4 is 5.97 Å². The SMILES string of the molecule is C[C@@H](O[C@@H]1[C@@H]([NH3+])[C@@H](O)O[C@H](CO)[C@H]1O)C(=O)[O-]. The zero-order chi connectivity index (χ0) is 13.2. The molecule has 1 saturated heterocycles. The summed E-state index contributed by atoms with van der Waals surface area (Å²) in [6.45, 7) is 0.717. The van der Waals surface area contributed by atoms with E-state index in [1.54, 1.807) is 0 Å². The minimum Gasteiger partial charge on any atom is -0.547 e. The Kier molecular flexibility index (Phi) is 4.80. The van der Waals surface area contributed by atoms with Gasteiger partial charge in [0.25, 0.3) is 0 Å². The lowest BCUT2D eigenvalue weighted by molar-refractivity contribution is -0.501. The third kappa shape index (κ3) is 3.12. The Hall–Kier alpha value is -0.770. The van der Waals surface area contributed by atoms with Crippen LogP contribution < -0.4 is 10.8 Å². The topological polar surface area (TPSA) is 147 Å². The van der Waals surface area contributed by atoms with Crippen LogP contribution in [0.4, 0.5) is 0 Å². The van der Waals surface area contributed by atoms with Crippen molar-refractivity contribution in [3.05, 3.63) is 0 Å². The monoisotopic (exact) mass is 251 g/mol. The molecule has 0 saturated carbocycles. The summed E-state index contributed by atoms with van der Waals surface area (Å²) in [5, 5.41) is 38.7. The fourth-order valence-electron chi connectivity index (χ4n) is 1.61. The van der Waals surface area contributed by atoms with Crippen LogP contribution in [0.1, 0.15) is 6.92 Å². The highest BCUT2D eigenvalue weighted by Crippen LogP contribution is 2.21. The standard InChI is InChI=1S/C9H17NO7/c1-3(8(13)14)16-7-5(10)9(15)17-4(2-11)6(7)12/h3-7,9,11-12,15H,2,10H2,1H3,(H,13,14)/t3-,4-,5-,6-,7-,9+/m1/s1. The second-order valence-corrected chi connectivity index (χ2v) is 3.96. The van der Waals surface area contributed by atoms with Gasteiger partial charge in [0.1, 0.15) is 18.3 Å². The van der Waals surface area contributed by atoms with Gasteiger partial charge >= 0.3 is 0 Å². The minimum absolute atomic E-state index is 0.523. The van der Waals surface area contributed by atoms with Crippen LogP contribution in [0.3, 0.4) is 0 Å². The normalized spacial score (nSPS) is 39.9. The van der Waals surface area contributed by atoms with E-state index < -0.39 is 49.3 Å². The Morgan fingerprint density at radius 1 is 1.59 bits per heavy atom. The van der Waals surface area contributed by atoms with Crippen molar-refractivity contribution in [3.63, 3.8) is 0 Å². The summed E-state index contributed by atoms with van der Waals surface area (Å²) < 4.78 is 9.94. The number of carbonyl (C=O) groups excluding carboxylic acids is 1. The van der Waals surface area contributed by atoms with Gasteiger partial charge in [0, 0.05) is 0 Å². The lowest BCUT2D eigenvalue weighted by Gasteiger charge is -2.39. The van der Waals surface area contributed by atoms with Crippen molar-refractivity contribution < 1.29 is 40.4 Å². The Morgan fingerprint density at radius 3 is 2.65 bits per heavy atom. The number of aliphatic carboxylic acids is 1. The average molecular weight is 251 g/mol. The Morgan fingerprint density at radius 2 is 2.18 bits per heavy atom. The van der Waals surface area contributed by atoms with Crippen molar-refractivity contribution in [1.82, 2.24) is 0 Å². The number of carboxylic acids is 1. The Balaban J connectivity index is 2.74. The van der Waals surface area contributed by atoms with Crippen LogP contribution in [0, 0.1) is 0 Å². The molecule has 17 heavy (non-hydrogen) atoms. The van der Waals surface area contributed by atoms with Crippen LogP contribution in [0.15, 0.2) is 0 Å². The molecule has 0 aromatic carbocycles. The number of rotatable bonds is 4. The predicted octanol–water partition coefficient (Wildman–Crippen LogP) is -4.81. The summed E-state index contributed by atoms with van der Waals surface area (Å²) in [5.41, 5.74) is 3.54. The molecule has 0 spiro atoms. The lowest BCUT2D eigenvalue weighted by atomic mass is 9.97. The van der Waals surface area contributed by atoms with Crippen LogP contribution in [0.25, 0.3) is 0 Å². The maximum Gasteiger partial charge on any atom is 0.211 e. The minimum atomic E-state index is -1.44. The number of carboxylic acid groups (broad SMARTS) is 1. The van der Waals surface area contributed by atoms with E-state index in [4.69, 9.17) is 14.6 Å². The summed E-state index contributed by atoms with van der Waals surface area (Å²) in [6, 6.07) is -0.866. The smallest absolute Gasteiger partial charge is 0.211 e. The van der Waals surface area contributed by atoms with Crippen LogP contribution in [0.2, 0.25) is 0 Å². The van der Waals surface area contributed by atoms with Gasteiger partial charge in [-0.15, -0.1) is 0 Å². The largest absolute Gasteiger partial charge is 0.547 e. The second kappa shape index (κ2) is 5.71. The van der Waals surface area contributed by atoms with Crippen LogP contribution >= 0.6 is 0 Å². The first kappa shape index (κ1) is 14.3. The summed E-state index contributed by atoms with van der Waals surface area (Å²) in [4.78, 5) is 10.5. The molecule has 1 aliphatic heterocycles. The zero-order valence-corrected chi connectivity index (χ0v) is 9.35. The molecular formula is C9H17NO7. The molecule has 1 fully saturated rings. The molecule has 0 amide bonds. The number of aliphatic hydroxyl groups is 3. The second-order valence-electron chi connectivity index (χ2n) is 3.96. The molecule has 0 aromatic rings. The van der Waals surface area contributed by atoms with Crippen molar-refractivity contribution in [1.29, 1.82) is 0 Å². The van der Waals surface area contributed by atoms with E-state index in [2.05, 4.69) is 5.73 Å². The molecule has 6 N–H and O–H groups in total. The van der Waals surface area contributed by atoms with Crippen LogP contribution in [-0.4, -0.2) is 64.6 Å². The molecule has 100 valence electrons. The molecule has 0 aromatic heterocycles. The van der Waals surface area contributed by atoms with Crippen molar-refractivity contribution in [2.24, 2.45) is 0 Å². The number of hydrogen-bond donors (Lipinski definition) is 4. The molecule has 1 rings (SSSR count). The fraction of sp³-hybridized carbons (Fsp3) is 0.889. The van der Waals surface area contributed by atoms with Gasteiger partial charge < -0.3 is 40.4 Å². The highest BCUT2D eigenvalue weighted by molar-refractivity contribution is 5.69. The molecule has 0 unspecified atom stereocenters. The van der Waals surface area contributed by atoms with Gasteiger partial charge in [0.05, 0.1) is 18.7 Å². The van der Waals surface area contributed by atoms with Gasteiger partial charge in [0.15, 0.2) is 6.04 Å². The predicted molar refractivity (Wildman–Crippen MR) is 50.0 cm³/mol. The molecule has 0 aliphatic carbocycles. The highest BCUT2D eigenvalue weighted by Gasteiger charge is 2.46. The van der Waals surface area contributed by atoms with Gasteiger partial charge in [-0.1, -0.05) is 0 Å². The van der Waals surface area contributed by atoms with E-state index in [1.165, 1.54) is 6.92 Å². The maximum atomic E-state index is 10.5. The van der Waals surface area contributed by atoms with E-state index in [0.29, 0.717) is 0 Å². The van der Waals surface area contributed by atoms with Crippen LogP contribution in [0.5, 0.6) is 0 Å². The summed E-state index contributed by atoms with van der Waals surface area (Å²) >= 11 is 0. The van der Waals surface area contributed by atoms with Gasteiger partial charge in [-0.25, -0.2) is 0 Å². The third-order valence-corrected chi connectivity index (χ3v) is 2.69. The lowest BCUT2D eigenvalue weighted by Crippen LogP contribution is -2.78. The molecular weight excluding hydrogens is 234 g/mol. The first-order valence-corrected chi connectivity index (χ1v) is 5.20. The Bertz CT molecular complexity index is 274. The summed E-state index contributed by atoms with van der Waals surface area (Å²) in [7, 11) is 0. The van der Waals surface area contributed by atoms with E-state index in [0.717, 1.165) is 0 Å². The maximum absolute atomic E-state index is 10.5. The van der Waals surface area contributed by atoms with Crippen molar-refractivity contribution in [2.45, 2.75) is 43.7 Å². The number of carbonyl (C=O) groups is 1. The zero-order valence-electron chi connectivity index (χ0n) is 9.35. The molecule has 8 heteroatoms. The average Bonchev–Trinajstić information content (AvgIpc) is 2.28. The van der Waals surface area contributed by atoms with Gasteiger partial charge in [-0.05, 0) is 6.92 Å². The quantitative estimate of drug-likeness (QED) is 0.392. The van der Waals surface area contributed by atoms with E-state index >= 15 is 0 Å². The van der Waals surface area contributed by atoms with E-state index in [1.807, 2.05) is 0 Å². The third-order valence-electron chi connectivity index (χ3n) is 2.69. The molecule has 0 radical (unpaired) electrons. The summed E-state index contributed by atoms with van der Waals surface area (Å²) in [5.74, 6) is -1.44. The van der Waals surface area contributed by atoms with Gasteiger partial charge in [0.2, 0.25) is 6.29 Å². The number of ether oxygens (including phenoxy) is 2. The van der Waals surface area contributed by atoms with Crippen LogP contribution in [-0.2, 0) is 14.3 Å². The Labute approximate surface area is 97.6 Å². The number of quaternary nitrogens is 1. The van der Waals surface area contributed by atoms with Gasteiger partial charge in [-0.2, -0.15) is 0 Å². The number of hydrogen-bond acceptors (Lipinski definition) is 7. The molecule has 6 atom stereocenters. The van der Waals surface area contributed by atoms with Gasteiger partial charge in [-0.3, -0.25) is 0 Å². The fourth-order valence-corrected chi connectivity index (χ4v) is 1.61. The molecule has 1 heterocycles.